The second-order valence-corrected chi connectivity index (χ2v) is 19.6. The van der Waals surface area contributed by atoms with Crippen LogP contribution in [0.5, 0.6) is 11.5 Å². The molecule has 9 aromatic rings. The van der Waals surface area contributed by atoms with Gasteiger partial charge in [0.1, 0.15) is 17.3 Å². The Balaban J connectivity index is 0.997. The fraction of sp³-hybridized carbons (Fsp3) is 0.172. The molecular weight excluding hydrogens is 769 g/mol. The number of rotatable bonds is 7. The van der Waals surface area contributed by atoms with Gasteiger partial charge in [-0.3, -0.25) is 4.57 Å². The zero-order valence-corrected chi connectivity index (χ0v) is 37.4. The van der Waals surface area contributed by atoms with Gasteiger partial charge in [0.05, 0.1) is 11.0 Å². The lowest BCUT2D eigenvalue weighted by Crippen LogP contribution is -2.46. The minimum Gasteiger partial charge on any atom is -0.457 e. The van der Waals surface area contributed by atoms with E-state index in [-0.39, 0.29) is 10.8 Å². The number of hydrogen-bond acceptors (Lipinski definition) is 2. The van der Waals surface area contributed by atoms with E-state index in [1.807, 2.05) is 6.20 Å². The molecule has 2 atom stereocenters. The molecule has 0 N–H and O–H groups in total. The molecule has 310 valence electrons. The van der Waals surface area contributed by atoms with Crippen LogP contribution < -0.4 is 13.9 Å². The van der Waals surface area contributed by atoms with Gasteiger partial charge in [0.15, 0.2) is 18.0 Å². The monoisotopic (exact) mass is 821 g/mol. The molecule has 11 rings (SSSR count). The van der Waals surface area contributed by atoms with E-state index in [1.165, 1.54) is 66.8 Å². The molecule has 4 heterocycles. The predicted molar refractivity (Wildman–Crippen MR) is 263 cm³/mol. The molecule has 1 fully saturated rings. The summed E-state index contributed by atoms with van der Waals surface area (Å²) in [4.78, 5) is 5.06. The second kappa shape index (κ2) is 13.9. The Labute approximate surface area is 371 Å². The van der Waals surface area contributed by atoms with Crippen LogP contribution >= 0.6 is 0 Å². The fourth-order valence-corrected chi connectivity index (χ4v) is 10.2. The number of hydrogen-bond donors (Lipinski definition) is 0. The first-order chi connectivity index (χ1) is 30.3. The van der Waals surface area contributed by atoms with Crippen molar-refractivity contribution in [3.8, 4) is 39.6 Å². The van der Waals surface area contributed by atoms with Crippen molar-refractivity contribution in [2.45, 2.75) is 66.2 Å². The van der Waals surface area contributed by atoms with Gasteiger partial charge in [-0.05, 0) is 112 Å². The lowest BCUT2D eigenvalue weighted by atomic mass is 9.83. The summed E-state index contributed by atoms with van der Waals surface area (Å²) in [5.41, 5.74) is 17.3. The summed E-state index contributed by atoms with van der Waals surface area (Å²) in [6, 6.07) is 59.6. The highest BCUT2D eigenvalue weighted by atomic mass is 16.5. The predicted octanol–water partition coefficient (Wildman–Crippen LogP) is 15.9. The number of aryl methyl sites for hydroxylation is 2. The lowest BCUT2D eigenvalue weighted by Gasteiger charge is -2.39. The molecule has 2 aromatic heterocycles. The Hall–Kier alpha value is -6.79. The maximum absolute atomic E-state index is 6.88. The fourth-order valence-electron chi connectivity index (χ4n) is 10.2. The normalized spacial score (nSPS) is 17.9. The number of quaternary nitrogens is 2. The van der Waals surface area contributed by atoms with Gasteiger partial charge in [-0.25, -0.2) is 4.98 Å². The number of ether oxygens (including phenoxy) is 1. The third-order valence-corrected chi connectivity index (χ3v) is 13.5. The quantitative estimate of drug-likeness (QED) is 0.0910. The van der Waals surface area contributed by atoms with E-state index >= 15 is 0 Å². The largest absolute Gasteiger partial charge is 0.457 e. The van der Waals surface area contributed by atoms with Crippen LogP contribution in [-0.2, 0) is 10.8 Å². The standard InChI is InChI=1S/C58H53N4O/c1-38-30-44(58(6,7)8)31-39(2)56(38)42-28-29-59-55(33-42)60-51-27-24-43(57(3,4)5)34-50(51)49-26-25-48(36-52(49)60)63-47-21-15-20-46(35-47)62-37-61(62,53-22-12-13-23-54(53)62)45-19-14-18-41(32-45)40-16-10-9-11-17-40/h9-37H,1-8H3/q+1/t61-,62?/m0/s1. The topological polar surface area (TPSA) is 27.1 Å². The number of para-hydroxylation sites is 2. The Morgan fingerprint density at radius 3 is 1.83 bits per heavy atom. The molecule has 1 saturated heterocycles. The maximum Gasteiger partial charge on any atom is 0.225 e. The molecule has 5 nitrogen and oxygen atoms in total. The Morgan fingerprint density at radius 1 is 0.492 bits per heavy atom. The van der Waals surface area contributed by atoms with Crippen LogP contribution in [0.2, 0.25) is 0 Å². The molecular formula is C58H53N4O+. The third kappa shape index (κ3) is 6.01. The lowest BCUT2D eigenvalue weighted by molar-refractivity contribution is 0.424. The molecule has 0 spiro atoms. The van der Waals surface area contributed by atoms with Crippen LogP contribution in [0, 0.1) is 20.5 Å². The molecule has 1 unspecified atom stereocenters. The van der Waals surface area contributed by atoms with Crippen molar-refractivity contribution in [2.24, 2.45) is 0 Å². The number of nitrogens with zero attached hydrogens (tertiary/aromatic N) is 4. The van der Waals surface area contributed by atoms with Crippen molar-refractivity contribution >= 4 is 44.6 Å². The molecule has 0 amide bonds. The summed E-state index contributed by atoms with van der Waals surface area (Å²) in [5.74, 6) is 2.45. The minimum absolute atomic E-state index is 0.00205. The molecule has 5 heteroatoms. The van der Waals surface area contributed by atoms with Crippen molar-refractivity contribution in [3.63, 3.8) is 0 Å². The summed E-state index contributed by atoms with van der Waals surface area (Å²) in [6.45, 7) is 20.6. The first kappa shape index (κ1) is 39.1. The molecule has 2 aliphatic heterocycles. The van der Waals surface area contributed by atoms with Crippen LogP contribution in [0.25, 0.3) is 49.9 Å². The van der Waals surface area contributed by atoms with Gasteiger partial charge in [0.2, 0.25) is 11.4 Å². The number of pyridine rings is 1. The van der Waals surface area contributed by atoms with E-state index in [4.69, 9.17) is 9.72 Å². The third-order valence-electron chi connectivity index (χ3n) is 13.5. The van der Waals surface area contributed by atoms with Crippen LogP contribution in [0.3, 0.4) is 0 Å². The van der Waals surface area contributed by atoms with Gasteiger partial charge in [-0.2, -0.15) is 9.18 Å². The summed E-state index contributed by atoms with van der Waals surface area (Å²) < 4.78 is 10.4. The zero-order chi connectivity index (χ0) is 43.5. The van der Waals surface area contributed by atoms with Gasteiger partial charge >= 0.3 is 0 Å². The molecule has 0 aliphatic carbocycles. The Morgan fingerprint density at radius 2 is 1.13 bits per heavy atom. The number of fused-ring (bicyclic) bond motifs is 7. The maximum atomic E-state index is 6.88. The van der Waals surface area contributed by atoms with Crippen LogP contribution in [0.4, 0.5) is 22.7 Å². The molecule has 0 saturated carbocycles. The molecule has 63 heavy (non-hydrogen) atoms. The zero-order valence-electron chi connectivity index (χ0n) is 37.4. The van der Waals surface area contributed by atoms with E-state index in [1.54, 1.807) is 0 Å². The number of benzene rings is 7. The molecule has 7 aromatic carbocycles. The van der Waals surface area contributed by atoms with Crippen molar-refractivity contribution in [1.29, 1.82) is 0 Å². The van der Waals surface area contributed by atoms with E-state index < -0.39 is 0 Å². The molecule has 0 radical (unpaired) electrons. The van der Waals surface area contributed by atoms with Crippen molar-refractivity contribution in [2.75, 3.05) is 0 Å². The molecule has 0 bridgehead atoms. The summed E-state index contributed by atoms with van der Waals surface area (Å²) in [5, 5.41) is 2.37. The number of aromatic nitrogens is 2. The highest BCUT2D eigenvalue weighted by Crippen LogP contribution is 2.75. The summed E-state index contributed by atoms with van der Waals surface area (Å²) in [6.07, 6.45) is 1.95. The van der Waals surface area contributed by atoms with Gasteiger partial charge < -0.3 is 4.74 Å². The minimum atomic E-state index is 0.00205. The van der Waals surface area contributed by atoms with Gasteiger partial charge in [0, 0.05) is 59.4 Å². The van der Waals surface area contributed by atoms with Crippen molar-refractivity contribution < 1.29 is 4.74 Å². The smallest absolute Gasteiger partial charge is 0.225 e. The van der Waals surface area contributed by atoms with Crippen molar-refractivity contribution in [3.05, 3.63) is 199 Å². The van der Waals surface area contributed by atoms with Gasteiger partial charge in [-0.1, -0.05) is 120 Å². The highest BCUT2D eigenvalue weighted by Gasteiger charge is 2.77. The average molecular weight is 822 g/mol. The summed E-state index contributed by atoms with van der Waals surface area (Å²) >= 11 is 0. The second-order valence-electron chi connectivity index (χ2n) is 19.6. The molecule has 2 aliphatic rings. The SMILES string of the molecule is Cc1cc(C(C)(C)C)cc(C)c1-c1ccnc(-n2c3ccc(C(C)(C)C)cc3c3ccc(Oc4cccc([N+]56[CH-][N@+]5(c5cccc(-c7ccccc7)c5)c5ccccc56)c4)cc32)c1. The highest BCUT2D eigenvalue weighted by molar-refractivity contribution is 6.10. The Bertz CT molecular complexity index is 3270. The first-order valence-corrected chi connectivity index (χ1v) is 22.1. The van der Waals surface area contributed by atoms with Crippen LogP contribution in [0.1, 0.15) is 63.8 Å². The average Bonchev–Trinajstić information content (AvgIpc) is 3.77. The van der Waals surface area contributed by atoms with E-state index in [0.29, 0.717) is 9.18 Å². The van der Waals surface area contributed by atoms with Crippen LogP contribution in [0.15, 0.2) is 170 Å². The Kier molecular flexibility index (Phi) is 8.60. The van der Waals surface area contributed by atoms with Gasteiger partial charge in [-0.15, -0.1) is 0 Å². The van der Waals surface area contributed by atoms with Crippen molar-refractivity contribution in [1.82, 2.24) is 18.7 Å². The van der Waals surface area contributed by atoms with Gasteiger partial charge in [0.25, 0.3) is 0 Å². The van der Waals surface area contributed by atoms with E-state index in [9.17, 15) is 0 Å². The first-order valence-electron chi connectivity index (χ1n) is 22.1. The van der Waals surface area contributed by atoms with E-state index in [0.717, 1.165) is 39.6 Å². The van der Waals surface area contributed by atoms with Crippen LogP contribution in [-0.4, -0.2) is 9.55 Å². The van der Waals surface area contributed by atoms with E-state index in [2.05, 4.69) is 230 Å². The summed E-state index contributed by atoms with van der Waals surface area (Å²) in [7, 11) is 0.